The van der Waals surface area contributed by atoms with E-state index < -0.39 is 0 Å². The van der Waals surface area contributed by atoms with Gasteiger partial charge in [-0.1, -0.05) is 0 Å². The van der Waals surface area contributed by atoms with Gasteiger partial charge in [-0.05, 0) is 39.7 Å². The highest BCUT2D eigenvalue weighted by Gasteiger charge is 2.30. The van der Waals surface area contributed by atoms with Crippen molar-refractivity contribution in [3.8, 4) is 0 Å². The maximum Gasteiger partial charge on any atom is 0.255 e. The Morgan fingerprint density at radius 2 is 2.15 bits per heavy atom. The van der Waals surface area contributed by atoms with Crippen LogP contribution >= 0.6 is 0 Å². The Kier molecular flexibility index (Phi) is 4.60. The Morgan fingerprint density at radius 3 is 2.80 bits per heavy atom. The zero-order chi connectivity index (χ0) is 14.6. The van der Waals surface area contributed by atoms with Crippen LogP contribution in [0.2, 0.25) is 0 Å². The van der Waals surface area contributed by atoms with Crippen LogP contribution in [0.5, 0.6) is 0 Å². The van der Waals surface area contributed by atoms with Crippen molar-refractivity contribution in [2.45, 2.75) is 39.2 Å². The van der Waals surface area contributed by atoms with Crippen LogP contribution in [-0.2, 0) is 4.74 Å². The standard InChI is InChI=1S/C15H23N3O2/c1-4-16-13-9-11(2)17-10-12(13)14(19)18-15(3)5-7-20-8-6-15/h9-10H,4-8H2,1-3H3,(H,16,17)(H,18,19). The molecule has 110 valence electrons. The molecular weight excluding hydrogens is 254 g/mol. The van der Waals surface area contributed by atoms with E-state index in [1.807, 2.05) is 19.9 Å². The van der Waals surface area contributed by atoms with Crippen molar-refractivity contribution in [2.24, 2.45) is 0 Å². The summed E-state index contributed by atoms with van der Waals surface area (Å²) in [4.78, 5) is 16.7. The number of carbonyl (C=O) groups excluding carboxylic acids is 1. The van der Waals surface area contributed by atoms with E-state index in [4.69, 9.17) is 4.74 Å². The summed E-state index contributed by atoms with van der Waals surface area (Å²) < 4.78 is 5.35. The zero-order valence-electron chi connectivity index (χ0n) is 12.5. The Bertz CT molecular complexity index is 482. The minimum atomic E-state index is -0.191. The summed E-state index contributed by atoms with van der Waals surface area (Å²) in [7, 11) is 0. The molecule has 1 aromatic heterocycles. The molecule has 0 saturated carbocycles. The fourth-order valence-corrected chi connectivity index (χ4v) is 2.37. The van der Waals surface area contributed by atoms with Crippen LogP contribution in [0, 0.1) is 6.92 Å². The molecule has 0 spiro atoms. The lowest BCUT2D eigenvalue weighted by atomic mass is 9.92. The molecule has 20 heavy (non-hydrogen) atoms. The monoisotopic (exact) mass is 277 g/mol. The molecule has 1 fully saturated rings. The first-order chi connectivity index (χ1) is 9.54. The van der Waals surface area contributed by atoms with Gasteiger partial charge in [-0.25, -0.2) is 0 Å². The SMILES string of the molecule is CCNc1cc(C)ncc1C(=O)NC1(C)CCOCC1. The summed E-state index contributed by atoms with van der Waals surface area (Å²) >= 11 is 0. The first-order valence-electron chi connectivity index (χ1n) is 7.15. The Balaban J connectivity index is 2.16. The molecule has 0 aromatic carbocycles. The van der Waals surface area contributed by atoms with E-state index >= 15 is 0 Å². The molecule has 0 radical (unpaired) electrons. The van der Waals surface area contributed by atoms with Crippen LogP contribution in [0.3, 0.4) is 0 Å². The normalized spacial score (nSPS) is 17.6. The van der Waals surface area contributed by atoms with Crippen LogP contribution in [0.15, 0.2) is 12.3 Å². The minimum Gasteiger partial charge on any atom is -0.385 e. The molecular formula is C15H23N3O2. The molecule has 1 aromatic rings. The predicted octanol–water partition coefficient (Wildman–Crippen LogP) is 2.12. The van der Waals surface area contributed by atoms with Crippen molar-refractivity contribution in [2.75, 3.05) is 25.1 Å². The predicted molar refractivity (Wildman–Crippen MR) is 79.1 cm³/mol. The molecule has 0 aliphatic carbocycles. The smallest absolute Gasteiger partial charge is 0.255 e. The Morgan fingerprint density at radius 1 is 1.45 bits per heavy atom. The Labute approximate surface area is 120 Å². The van der Waals surface area contributed by atoms with Gasteiger partial charge in [-0.3, -0.25) is 9.78 Å². The van der Waals surface area contributed by atoms with Gasteiger partial charge < -0.3 is 15.4 Å². The fourth-order valence-electron chi connectivity index (χ4n) is 2.37. The molecule has 1 aliphatic rings. The van der Waals surface area contributed by atoms with Crippen LogP contribution < -0.4 is 10.6 Å². The number of anilines is 1. The highest BCUT2D eigenvalue weighted by molar-refractivity contribution is 5.99. The van der Waals surface area contributed by atoms with Gasteiger partial charge in [0.25, 0.3) is 5.91 Å². The number of carbonyl (C=O) groups is 1. The topological polar surface area (TPSA) is 63.2 Å². The quantitative estimate of drug-likeness (QED) is 0.885. The molecule has 2 rings (SSSR count). The first-order valence-corrected chi connectivity index (χ1v) is 7.15. The lowest BCUT2D eigenvalue weighted by Gasteiger charge is -2.34. The number of aromatic nitrogens is 1. The van der Waals surface area contributed by atoms with E-state index in [2.05, 4.69) is 22.5 Å². The van der Waals surface area contributed by atoms with E-state index in [1.54, 1.807) is 6.20 Å². The summed E-state index contributed by atoms with van der Waals surface area (Å²) in [5.74, 6) is -0.0714. The molecule has 0 bridgehead atoms. The molecule has 2 heterocycles. The van der Waals surface area contributed by atoms with Crippen molar-refractivity contribution < 1.29 is 9.53 Å². The Hall–Kier alpha value is -1.62. The van der Waals surface area contributed by atoms with E-state index in [-0.39, 0.29) is 11.4 Å². The van der Waals surface area contributed by atoms with E-state index in [0.29, 0.717) is 18.8 Å². The van der Waals surface area contributed by atoms with Gasteiger partial charge in [0.05, 0.1) is 11.3 Å². The van der Waals surface area contributed by atoms with Gasteiger partial charge in [0, 0.05) is 37.2 Å². The van der Waals surface area contributed by atoms with Gasteiger partial charge in [0.15, 0.2) is 0 Å². The summed E-state index contributed by atoms with van der Waals surface area (Å²) in [6.45, 7) is 8.17. The lowest BCUT2D eigenvalue weighted by molar-refractivity contribution is 0.0423. The van der Waals surface area contributed by atoms with Gasteiger partial charge in [-0.2, -0.15) is 0 Å². The van der Waals surface area contributed by atoms with Crippen molar-refractivity contribution in [3.05, 3.63) is 23.5 Å². The molecule has 0 atom stereocenters. The molecule has 2 N–H and O–H groups in total. The molecule has 1 aliphatic heterocycles. The van der Waals surface area contributed by atoms with E-state index in [1.165, 1.54) is 0 Å². The fraction of sp³-hybridized carbons (Fsp3) is 0.600. The van der Waals surface area contributed by atoms with Crippen LogP contribution in [0.1, 0.15) is 42.7 Å². The second kappa shape index (κ2) is 6.22. The van der Waals surface area contributed by atoms with Crippen molar-refractivity contribution >= 4 is 11.6 Å². The molecule has 5 heteroatoms. The maximum absolute atomic E-state index is 12.5. The third-order valence-corrected chi connectivity index (χ3v) is 3.66. The van der Waals surface area contributed by atoms with Crippen LogP contribution in [-0.4, -0.2) is 36.2 Å². The third-order valence-electron chi connectivity index (χ3n) is 3.66. The summed E-state index contributed by atoms with van der Waals surface area (Å²) in [6, 6.07) is 1.91. The average molecular weight is 277 g/mol. The molecule has 0 unspecified atom stereocenters. The highest BCUT2D eigenvalue weighted by Crippen LogP contribution is 2.22. The second-order valence-electron chi connectivity index (χ2n) is 5.53. The molecule has 5 nitrogen and oxygen atoms in total. The van der Waals surface area contributed by atoms with Gasteiger partial charge in [0.2, 0.25) is 0 Å². The highest BCUT2D eigenvalue weighted by atomic mass is 16.5. The number of rotatable bonds is 4. The third kappa shape index (κ3) is 3.48. The van der Waals surface area contributed by atoms with Crippen LogP contribution in [0.4, 0.5) is 5.69 Å². The number of aryl methyl sites for hydroxylation is 1. The minimum absolute atomic E-state index is 0.0714. The largest absolute Gasteiger partial charge is 0.385 e. The van der Waals surface area contributed by atoms with Crippen LogP contribution in [0.25, 0.3) is 0 Å². The van der Waals surface area contributed by atoms with E-state index in [9.17, 15) is 4.79 Å². The zero-order valence-corrected chi connectivity index (χ0v) is 12.5. The number of hydrogen-bond acceptors (Lipinski definition) is 4. The number of amides is 1. The van der Waals surface area contributed by atoms with Crippen molar-refractivity contribution in [1.29, 1.82) is 0 Å². The van der Waals surface area contributed by atoms with Gasteiger partial charge >= 0.3 is 0 Å². The number of nitrogens with one attached hydrogen (secondary N) is 2. The lowest BCUT2D eigenvalue weighted by Crippen LogP contribution is -2.49. The summed E-state index contributed by atoms with van der Waals surface area (Å²) in [5.41, 5.74) is 2.15. The maximum atomic E-state index is 12.5. The van der Waals surface area contributed by atoms with Gasteiger partial charge in [-0.15, -0.1) is 0 Å². The molecule has 1 saturated heterocycles. The van der Waals surface area contributed by atoms with E-state index in [0.717, 1.165) is 30.8 Å². The molecule has 1 amide bonds. The van der Waals surface area contributed by atoms with Crippen molar-refractivity contribution in [3.63, 3.8) is 0 Å². The second-order valence-corrected chi connectivity index (χ2v) is 5.53. The first kappa shape index (κ1) is 14.8. The summed E-state index contributed by atoms with van der Waals surface area (Å²) in [5, 5.41) is 6.35. The number of ether oxygens (including phenoxy) is 1. The summed E-state index contributed by atoms with van der Waals surface area (Å²) in [6.07, 6.45) is 3.33. The van der Waals surface area contributed by atoms with Gasteiger partial charge in [0.1, 0.15) is 0 Å². The number of nitrogens with zero attached hydrogens (tertiary/aromatic N) is 1. The number of hydrogen-bond donors (Lipinski definition) is 2. The number of pyridine rings is 1. The average Bonchev–Trinajstić information content (AvgIpc) is 2.39. The van der Waals surface area contributed by atoms with Crippen molar-refractivity contribution in [1.82, 2.24) is 10.3 Å².